The molecule has 0 unspecified atom stereocenters. The van der Waals surface area contributed by atoms with Crippen molar-refractivity contribution in [2.75, 3.05) is 11.9 Å². The number of rotatable bonds is 9. The van der Waals surface area contributed by atoms with Gasteiger partial charge in [0.1, 0.15) is 0 Å². The van der Waals surface area contributed by atoms with Crippen LogP contribution in [0.4, 0.5) is 5.95 Å². The first-order valence-corrected chi connectivity index (χ1v) is 18.1. The predicted molar refractivity (Wildman–Crippen MR) is 108 cm³/mol. The van der Waals surface area contributed by atoms with Crippen LogP contribution < -0.4 is 5.32 Å². The number of nitrogens with zero attached hydrogens (tertiary/aromatic N) is 3. The third-order valence-corrected chi connectivity index (χ3v) is 12.7. The second-order valence-corrected chi connectivity index (χ2v) is 21.3. The van der Waals surface area contributed by atoms with Crippen LogP contribution in [0.5, 0.6) is 0 Å². The van der Waals surface area contributed by atoms with E-state index in [1.165, 1.54) is 0 Å². The van der Waals surface area contributed by atoms with E-state index in [9.17, 15) is 0 Å². The van der Waals surface area contributed by atoms with Crippen molar-refractivity contribution in [2.24, 2.45) is 0 Å². The lowest BCUT2D eigenvalue weighted by molar-refractivity contribution is 0.382. The van der Waals surface area contributed by atoms with Crippen LogP contribution in [-0.4, -0.2) is 46.7 Å². The molecule has 24 heavy (non-hydrogen) atoms. The highest BCUT2D eigenvalue weighted by Crippen LogP contribution is 2.25. The molecular weight excluding hydrogens is 399 g/mol. The zero-order valence-corrected chi connectivity index (χ0v) is 20.0. The Morgan fingerprint density at radius 1 is 0.833 bits per heavy atom. The van der Waals surface area contributed by atoms with E-state index in [-0.39, 0.29) is 10.6 Å². The Morgan fingerprint density at radius 3 is 1.71 bits per heavy atom. The molecule has 0 radical (unpaired) electrons. The van der Waals surface area contributed by atoms with Gasteiger partial charge in [0.2, 0.25) is 16.5 Å². The van der Waals surface area contributed by atoms with Crippen LogP contribution in [0.1, 0.15) is 6.42 Å². The van der Waals surface area contributed by atoms with E-state index >= 15 is 0 Å². The summed E-state index contributed by atoms with van der Waals surface area (Å²) in [5.74, 6) is 0.389. The number of hydrogen-bond donors (Lipinski definition) is 1. The number of anilines is 1. The van der Waals surface area contributed by atoms with E-state index in [0.717, 1.165) is 12.5 Å². The molecule has 0 saturated carbocycles. The molecule has 0 aliphatic heterocycles. The van der Waals surface area contributed by atoms with Crippen LogP contribution >= 0.6 is 23.2 Å². The van der Waals surface area contributed by atoms with Gasteiger partial charge < -0.3 is 13.5 Å². The summed E-state index contributed by atoms with van der Waals surface area (Å²) in [6.07, 6.45) is 0.901. The summed E-state index contributed by atoms with van der Waals surface area (Å²) in [7, 11) is -5.52. The third-order valence-electron chi connectivity index (χ3n) is 2.72. The van der Waals surface area contributed by atoms with Gasteiger partial charge in [-0.25, -0.2) is 0 Å². The molecule has 0 fully saturated rings. The fourth-order valence-corrected chi connectivity index (χ4v) is 15.3. The summed E-state index contributed by atoms with van der Waals surface area (Å²) < 4.78 is 12.9. The first-order valence-electron chi connectivity index (χ1n) is 7.99. The van der Waals surface area contributed by atoms with Crippen LogP contribution in [0.15, 0.2) is 0 Å². The highest BCUT2D eigenvalue weighted by molar-refractivity contribution is 6.87. The zero-order chi connectivity index (χ0) is 18.6. The van der Waals surface area contributed by atoms with Crippen molar-refractivity contribution in [3.63, 3.8) is 0 Å². The van der Waals surface area contributed by atoms with Crippen molar-refractivity contribution >= 4 is 54.3 Å². The molecule has 0 aliphatic carbocycles. The summed E-state index contributed by atoms with van der Waals surface area (Å²) in [5.41, 5.74) is 0. The van der Waals surface area contributed by atoms with E-state index in [1.54, 1.807) is 0 Å². The SMILES string of the molecule is C[Si](C)(C)O[Si](C)(CCCNc1nc(Cl)nc(Cl)n1)O[Si](C)(C)C. The van der Waals surface area contributed by atoms with Gasteiger partial charge in [0.05, 0.1) is 0 Å². The molecule has 0 atom stereocenters. The Hall–Kier alpha value is -0.0394. The highest BCUT2D eigenvalue weighted by atomic mass is 35.5. The summed E-state index contributed by atoms with van der Waals surface area (Å²) in [6.45, 7) is 16.1. The molecule has 0 aliphatic rings. The first kappa shape index (κ1) is 22.0. The Kier molecular flexibility index (Phi) is 7.85. The average Bonchev–Trinajstić information content (AvgIpc) is 2.28. The summed E-state index contributed by atoms with van der Waals surface area (Å²) in [5, 5.41) is 3.30. The minimum Gasteiger partial charge on any atom is -0.437 e. The molecule has 0 aromatic carbocycles. The van der Waals surface area contributed by atoms with Crippen LogP contribution in [0.3, 0.4) is 0 Å². The molecule has 0 bridgehead atoms. The van der Waals surface area contributed by atoms with Gasteiger partial charge >= 0.3 is 8.56 Å². The lowest BCUT2D eigenvalue weighted by Gasteiger charge is -2.38. The Labute approximate surface area is 158 Å². The standard InChI is InChI=1S/C13H28Cl2N4O2Si3/c1-22(2,3)20-24(7,21-23(4,5)6)10-8-9-16-13-18-11(14)17-12(15)19-13/h8-10H2,1-7H3,(H,16,17,18,19). The smallest absolute Gasteiger partial charge is 0.314 e. The maximum atomic E-state index is 6.47. The molecule has 1 aromatic rings. The minimum absolute atomic E-state index is 0.0841. The van der Waals surface area contributed by atoms with E-state index in [4.69, 9.17) is 31.4 Å². The van der Waals surface area contributed by atoms with Crippen LogP contribution in [0.25, 0.3) is 0 Å². The Bertz CT molecular complexity index is 517. The van der Waals surface area contributed by atoms with Gasteiger partial charge in [-0.05, 0) is 81.5 Å². The van der Waals surface area contributed by atoms with E-state index in [2.05, 4.69) is 66.1 Å². The number of hydrogen-bond acceptors (Lipinski definition) is 6. The zero-order valence-electron chi connectivity index (χ0n) is 15.5. The third kappa shape index (κ3) is 9.45. The predicted octanol–water partition coefficient (Wildman–Crippen LogP) is 4.76. The van der Waals surface area contributed by atoms with Crippen molar-refractivity contribution in [1.82, 2.24) is 15.0 Å². The summed E-state index contributed by atoms with van der Waals surface area (Å²) >= 11 is 11.5. The van der Waals surface area contributed by atoms with Gasteiger partial charge in [0, 0.05) is 6.54 Å². The number of nitrogens with one attached hydrogen (secondary N) is 1. The van der Waals surface area contributed by atoms with Crippen molar-refractivity contribution in [3.8, 4) is 0 Å². The van der Waals surface area contributed by atoms with Crippen LogP contribution in [0.2, 0.25) is 62.4 Å². The summed E-state index contributed by atoms with van der Waals surface area (Å²) in [4.78, 5) is 11.7. The molecule has 0 amide bonds. The minimum atomic E-state index is -2.20. The molecule has 1 rings (SSSR count). The monoisotopic (exact) mass is 426 g/mol. The maximum absolute atomic E-state index is 6.47. The molecule has 6 nitrogen and oxygen atoms in total. The largest absolute Gasteiger partial charge is 0.437 e. The first-order chi connectivity index (χ1) is 10.8. The van der Waals surface area contributed by atoms with Crippen LogP contribution in [0, 0.1) is 0 Å². The second kappa shape index (κ2) is 8.56. The quantitative estimate of drug-likeness (QED) is 0.453. The Morgan fingerprint density at radius 2 is 1.29 bits per heavy atom. The van der Waals surface area contributed by atoms with Gasteiger partial charge in [0.15, 0.2) is 16.6 Å². The van der Waals surface area contributed by atoms with Crippen molar-refractivity contribution in [1.29, 1.82) is 0 Å². The molecular formula is C13H28Cl2N4O2Si3. The normalized spacial score (nSPS) is 13.2. The maximum Gasteiger partial charge on any atom is 0.314 e. The molecule has 1 heterocycles. The van der Waals surface area contributed by atoms with Crippen molar-refractivity contribution in [3.05, 3.63) is 10.6 Å². The average molecular weight is 428 g/mol. The van der Waals surface area contributed by atoms with E-state index < -0.39 is 25.2 Å². The molecule has 11 heteroatoms. The van der Waals surface area contributed by atoms with Crippen molar-refractivity contribution < 1.29 is 8.23 Å². The summed E-state index contributed by atoms with van der Waals surface area (Å²) in [6, 6.07) is 0.918. The fourth-order valence-electron chi connectivity index (χ4n) is 2.43. The van der Waals surface area contributed by atoms with Gasteiger partial charge in [-0.3, -0.25) is 0 Å². The highest BCUT2D eigenvalue weighted by Gasteiger charge is 2.39. The molecule has 1 aromatic heterocycles. The van der Waals surface area contributed by atoms with Gasteiger partial charge in [-0.15, -0.1) is 0 Å². The lowest BCUT2D eigenvalue weighted by atomic mass is 10.5. The topological polar surface area (TPSA) is 69.2 Å². The lowest BCUT2D eigenvalue weighted by Crippen LogP contribution is -2.52. The van der Waals surface area contributed by atoms with E-state index in [0.29, 0.717) is 12.5 Å². The van der Waals surface area contributed by atoms with Gasteiger partial charge in [0.25, 0.3) is 0 Å². The fraction of sp³-hybridized carbons (Fsp3) is 0.769. The van der Waals surface area contributed by atoms with Crippen molar-refractivity contribution in [2.45, 2.75) is 58.3 Å². The molecule has 0 saturated heterocycles. The second-order valence-electron chi connectivity index (χ2n) is 7.79. The molecule has 1 N–H and O–H groups in total. The number of halogens is 2. The molecule has 138 valence electrons. The van der Waals surface area contributed by atoms with Gasteiger partial charge in [-0.1, -0.05) is 0 Å². The Balaban J connectivity index is 2.61. The number of aromatic nitrogens is 3. The molecule has 0 spiro atoms. The van der Waals surface area contributed by atoms with Gasteiger partial charge in [-0.2, -0.15) is 15.0 Å². The van der Waals surface area contributed by atoms with Crippen LogP contribution in [-0.2, 0) is 8.23 Å². The van der Waals surface area contributed by atoms with E-state index in [1.807, 2.05) is 0 Å².